The second-order valence-corrected chi connectivity index (χ2v) is 21.4. The molecule has 2 aliphatic heterocycles. The summed E-state index contributed by atoms with van der Waals surface area (Å²) in [6.07, 6.45) is 4.98. The number of hydrogen-bond acceptors (Lipinski definition) is 14. The van der Waals surface area contributed by atoms with E-state index in [0.717, 1.165) is 65.3 Å². The summed E-state index contributed by atoms with van der Waals surface area (Å²) in [5.74, 6) is 0.702. The van der Waals surface area contributed by atoms with Crippen LogP contribution in [0.1, 0.15) is 106 Å². The van der Waals surface area contributed by atoms with Gasteiger partial charge in [0.05, 0.1) is 76.0 Å². The van der Waals surface area contributed by atoms with Crippen molar-refractivity contribution in [2.45, 2.75) is 84.3 Å². The average Bonchev–Trinajstić information content (AvgIpc) is 4.07. The molecular formula is C55H72ClN11O9S. The number of likely N-dealkylation sites (N-methyl/N-ethyl adjacent to an activating group) is 1. The van der Waals surface area contributed by atoms with Crippen molar-refractivity contribution < 1.29 is 42.9 Å². The zero-order valence-electron chi connectivity index (χ0n) is 45.2. The number of nitrogens with zero attached hydrogens (tertiary/aromatic N) is 7. The number of aromatic nitrogens is 4. The maximum atomic E-state index is 14.4. The number of amides is 5. The highest BCUT2D eigenvalue weighted by Crippen LogP contribution is 2.40. The van der Waals surface area contributed by atoms with Crippen LogP contribution in [-0.4, -0.2) is 170 Å². The summed E-state index contributed by atoms with van der Waals surface area (Å²) >= 11 is 7.90. The average molecular weight is 1100 g/mol. The third-order valence-corrected chi connectivity index (χ3v) is 16.3. The molecule has 0 radical (unpaired) electrons. The first-order valence-corrected chi connectivity index (χ1v) is 27.8. The lowest BCUT2D eigenvalue weighted by molar-refractivity contribution is -0.140. The molecule has 3 atom stereocenters. The van der Waals surface area contributed by atoms with Gasteiger partial charge in [0.15, 0.2) is 5.82 Å². The minimum absolute atomic E-state index is 0.0575. The van der Waals surface area contributed by atoms with Gasteiger partial charge in [-0.3, -0.25) is 33.5 Å². The Bertz CT molecular complexity index is 2940. The van der Waals surface area contributed by atoms with E-state index in [2.05, 4.69) is 45.3 Å². The third-order valence-electron chi connectivity index (χ3n) is 14.8. The monoisotopic (exact) mass is 1100 g/mol. The van der Waals surface area contributed by atoms with E-state index in [-0.39, 0.29) is 86.7 Å². The maximum absolute atomic E-state index is 14.4. The van der Waals surface area contributed by atoms with Gasteiger partial charge in [0, 0.05) is 78.8 Å². The molecule has 0 bridgehead atoms. The number of nitrogens with one attached hydrogen (secondary N) is 4. The Morgan fingerprint density at radius 2 is 1.48 bits per heavy atom. The van der Waals surface area contributed by atoms with E-state index in [1.807, 2.05) is 35.8 Å². The van der Waals surface area contributed by atoms with Gasteiger partial charge >= 0.3 is 0 Å². The minimum atomic E-state index is -0.626. The van der Waals surface area contributed by atoms with Crippen LogP contribution >= 0.6 is 22.9 Å². The number of methoxy groups -OCH3 is 1. The molecular weight excluding hydrogens is 1030 g/mol. The van der Waals surface area contributed by atoms with Crippen LogP contribution in [0.2, 0.25) is 5.02 Å². The summed E-state index contributed by atoms with van der Waals surface area (Å²) in [6.45, 7) is 11.2. The van der Waals surface area contributed by atoms with E-state index < -0.39 is 24.0 Å². The Morgan fingerprint density at radius 1 is 0.831 bits per heavy atom. The van der Waals surface area contributed by atoms with Gasteiger partial charge in [-0.25, -0.2) is 0 Å². The summed E-state index contributed by atoms with van der Waals surface area (Å²) in [5, 5.41) is 23.0. The number of aryl methyl sites for hydroxylation is 3. The third kappa shape index (κ3) is 13.2. The molecule has 5 aromatic rings. The standard InChI is InChI=1S/C55H72ClN11O9S/c1-33-35(3)77-55-45(33)47(38-13-15-39(56)16-14-38)60-42(50-63-62-36(4)67(50)55)32-44(68)58-19-25-74-27-29-76-30-28-75-26-20-59-52(70)46-41-18-17-40(73-7)31-43(41)64(6)49(46)54(72)66-23-21-65(22-24-66)53(71)48(37-11-9-8-10-12-37)61-51(69)34(2)57-5/h13-18,31,34,37,42,48,57H,8-12,19-30,32H2,1-7H3,(H,58,68)(H,59,70)(H,61,69)/t34?,42-,48?/m0/s1. The van der Waals surface area contributed by atoms with Gasteiger partial charge in [-0.2, -0.15) is 0 Å². The molecule has 5 heterocycles. The molecule has 1 aliphatic carbocycles. The molecule has 20 nitrogen and oxygen atoms in total. The van der Waals surface area contributed by atoms with Crippen molar-refractivity contribution >= 4 is 69.1 Å². The minimum Gasteiger partial charge on any atom is -0.497 e. The Morgan fingerprint density at radius 3 is 2.14 bits per heavy atom. The largest absolute Gasteiger partial charge is 0.497 e. The van der Waals surface area contributed by atoms with Gasteiger partial charge in [-0.1, -0.05) is 43.0 Å². The van der Waals surface area contributed by atoms with Crippen molar-refractivity contribution in [2.75, 3.05) is 93.1 Å². The lowest BCUT2D eigenvalue weighted by Gasteiger charge is -2.39. The number of thiophene rings is 1. The Balaban J connectivity index is 0.761. The smallest absolute Gasteiger partial charge is 0.271 e. The van der Waals surface area contributed by atoms with Crippen molar-refractivity contribution in [3.05, 3.63) is 92.0 Å². The van der Waals surface area contributed by atoms with Crippen LogP contribution in [0.25, 0.3) is 15.9 Å². The SMILES string of the molecule is CNC(C)C(=O)NC(C(=O)N1CCN(C(=O)c2c(C(=O)NCCOCCOCCOCCNC(=O)C[C@@H]3N=C(c4ccc(Cl)cc4)c4c(sc(C)c4C)-n4c(C)nnc43)c3ccc(OC)cc3n2C)CC1)C1CCCCC1. The molecule has 4 N–H and O–H groups in total. The van der Waals surface area contributed by atoms with Crippen LogP contribution in [0.3, 0.4) is 0 Å². The molecule has 8 rings (SSSR count). The molecule has 1 saturated heterocycles. The normalized spacial score (nSPS) is 16.5. The lowest BCUT2D eigenvalue weighted by Crippen LogP contribution is -2.59. The number of benzene rings is 2. The highest BCUT2D eigenvalue weighted by Gasteiger charge is 2.38. The van der Waals surface area contributed by atoms with Gasteiger partial charge in [-0.15, -0.1) is 21.5 Å². The van der Waals surface area contributed by atoms with E-state index >= 15 is 0 Å². The first-order valence-electron chi connectivity index (χ1n) is 26.6. The van der Waals surface area contributed by atoms with Crippen molar-refractivity contribution in [1.82, 2.24) is 50.4 Å². The van der Waals surface area contributed by atoms with Crippen molar-refractivity contribution in [2.24, 2.45) is 18.0 Å². The second kappa shape index (κ2) is 26.4. The van der Waals surface area contributed by atoms with Crippen LogP contribution in [0, 0.1) is 26.7 Å². The topological polar surface area (TPSA) is 225 Å². The predicted octanol–water partition coefficient (Wildman–Crippen LogP) is 5.24. The van der Waals surface area contributed by atoms with E-state index in [1.165, 1.54) is 4.88 Å². The number of rotatable bonds is 23. The molecule has 22 heteroatoms. The number of hydrogen-bond donors (Lipinski definition) is 4. The highest BCUT2D eigenvalue weighted by molar-refractivity contribution is 7.15. The maximum Gasteiger partial charge on any atom is 0.271 e. The fourth-order valence-corrected chi connectivity index (χ4v) is 11.6. The van der Waals surface area contributed by atoms with Gasteiger partial charge < -0.3 is 54.6 Å². The first-order chi connectivity index (χ1) is 37.2. The van der Waals surface area contributed by atoms with E-state index in [0.29, 0.717) is 67.0 Å². The molecule has 3 aromatic heterocycles. The molecule has 5 amide bonds. The summed E-state index contributed by atoms with van der Waals surface area (Å²) in [7, 11) is 5.03. The van der Waals surface area contributed by atoms with Crippen molar-refractivity contribution in [3.8, 4) is 10.8 Å². The van der Waals surface area contributed by atoms with Crippen molar-refractivity contribution in [3.63, 3.8) is 0 Å². The molecule has 2 aromatic carbocycles. The molecule has 1 saturated carbocycles. The predicted molar refractivity (Wildman–Crippen MR) is 295 cm³/mol. The first kappa shape index (κ1) is 57.0. The summed E-state index contributed by atoms with van der Waals surface area (Å²) < 4.78 is 26.4. The summed E-state index contributed by atoms with van der Waals surface area (Å²) in [4.78, 5) is 78.6. The highest BCUT2D eigenvalue weighted by atomic mass is 35.5. The van der Waals surface area contributed by atoms with Gasteiger partial charge in [0.25, 0.3) is 11.8 Å². The van der Waals surface area contributed by atoms with E-state index in [9.17, 15) is 24.0 Å². The van der Waals surface area contributed by atoms with Crippen LogP contribution < -0.4 is 26.0 Å². The van der Waals surface area contributed by atoms with Crippen LogP contribution in [0.5, 0.6) is 5.75 Å². The number of ether oxygens (including phenoxy) is 4. The Kier molecular flexibility index (Phi) is 19.5. The number of carbonyl (C=O) groups excluding carboxylic acids is 5. The molecule has 414 valence electrons. The van der Waals surface area contributed by atoms with Gasteiger partial charge in [-0.05, 0) is 83.3 Å². The van der Waals surface area contributed by atoms with Crippen molar-refractivity contribution in [1.29, 1.82) is 0 Å². The molecule has 2 unspecified atom stereocenters. The van der Waals surface area contributed by atoms with Gasteiger partial charge in [0.1, 0.15) is 34.4 Å². The van der Waals surface area contributed by atoms with E-state index in [1.54, 1.807) is 72.0 Å². The molecule has 3 aliphatic rings. The lowest BCUT2D eigenvalue weighted by atomic mass is 9.83. The fraction of sp³-hybridized carbons (Fsp3) is 0.527. The Labute approximate surface area is 458 Å². The molecule has 77 heavy (non-hydrogen) atoms. The summed E-state index contributed by atoms with van der Waals surface area (Å²) in [6, 6.07) is 11.3. The second-order valence-electron chi connectivity index (χ2n) is 19.7. The quantitative estimate of drug-likeness (QED) is 0.0617. The number of halogens is 1. The number of piperazine rings is 1. The number of carbonyl (C=O) groups is 5. The van der Waals surface area contributed by atoms with Crippen LogP contribution in [0.15, 0.2) is 47.5 Å². The zero-order chi connectivity index (χ0) is 54.8. The van der Waals surface area contributed by atoms with Crippen LogP contribution in [-0.2, 0) is 35.6 Å². The van der Waals surface area contributed by atoms with Gasteiger partial charge in [0.2, 0.25) is 17.7 Å². The molecule has 2 fully saturated rings. The molecule has 0 spiro atoms. The summed E-state index contributed by atoms with van der Waals surface area (Å²) in [5.41, 5.74) is 4.94. The zero-order valence-corrected chi connectivity index (χ0v) is 46.7. The van der Waals surface area contributed by atoms with E-state index in [4.69, 9.17) is 35.5 Å². The van der Waals surface area contributed by atoms with Crippen LogP contribution in [0.4, 0.5) is 0 Å². The number of fused-ring (bicyclic) bond motifs is 4. The Hall–Kier alpha value is -6.23. The fourth-order valence-electron chi connectivity index (χ4n) is 10.3. The number of aliphatic imine (C=N–C) groups is 1.